The Morgan fingerprint density at radius 3 is 2.54 bits per heavy atom. The van der Waals surface area contributed by atoms with Gasteiger partial charge in [0.1, 0.15) is 0 Å². The Bertz CT molecular complexity index is 1070. The quantitative estimate of drug-likeness (QED) is 0.611. The lowest BCUT2D eigenvalue weighted by Crippen LogP contribution is -2.38. The normalized spacial score (nSPS) is 11.8. The molecule has 0 fully saturated rings. The topological polar surface area (TPSA) is 82.3 Å². The summed E-state index contributed by atoms with van der Waals surface area (Å²) in [5.74, 6) is -0.130. The minimum Gasteiger partial charge on any atom is -0.361 e. The first kappa shape index (κ1) is 20.1. The molecule has 7 heteroatoms. The van der Waals surface area contributed by atoms with Crippen LogP contribution in [0.15, 0.2) is 54.7 Å². The van der Waals surface area contributed by atoms with E-state index in [-0.39, 0.29) is 25.4 Å². The lowest BCUT2D eigenvalue weighted by atomic mass is 10.1. The second kappa shape index (κ2) is 8.58. The molecule has 1 heterocycles. The summed E-state index contributed by atoms with van der Waals surface area (Å²) in [5.41, 5.74) is 3.91. The number of benzene rings is 2. The number of aromatic nitrogens is 1. The number of aromatic amines is 1. The third-order valence-electron chi connectivity index (χ3n) is 4.79. The van der Waals surface area contributed by atoms with Crippen molar-refractivity contribution in [3.63, 3.8) is 0 Å². The minimum absolute atomic E-state index is 0.130. The summed E-state index contributed by atoms with van der Waals surface area (Å²) in [6, 6.07) is 15.5. The van der Waals surface area contributed by atoms with Crippen molar-refractivity contribution in [1.29, 1.82) is 0 Å². The van der Waals surface area contributed by atoms with Crippen LogP contribution < -0.4 is 5.32 Å². The van der Waals surface area contributed by atoms with Crippen molar-refractivity contribution >= 4 is 26.8 Å². The van der Waals surface area contributed by atoms with Crippen molar-refractivity contribution in [2.24, 2.45) is 0 Å². The molecule has 0 atom stereocenters. The molecule has 0 unspecified atom stereocenters. The highest BCUT2D eigenvalue weighted by atomic mass is 32.2. The van der Waals surface area contributed by atoms with E-state index < -0.39 is 10.0 Å². The van der Waals surface area contributed by atoms with Gasteiger partial charge in [0, 0.05) is 36.7 Å². The van der Waals surface area contributed by atoms with Crippen LogP contribution >= 0.6 is 0 Å². The van der Waals surface area contributed by atoms with E-state index in [2.05, 4.69) is 10.3 Å². The fraction of sp³-hybridized carbons (Fsp3) is 0.286. The van der Waals surface area contributed by atoms with E-state index in [4.69, 9.17) is 0 Å². The first-order valence-corrected chi connectivity index (χ1v) is 11.0. The van der Waals surface area contributed by atoms with Crippen LogP contribution in [0.2, 0.25) is 0 Å². The van der Waals surface area contributed by atoms with Gasteiger partial charge in [0.05, 0.1) is 12.7 Å². The van der Waals surface area contributed by atoms with E-state index in [0.29, 0.717) is 6.54 Å². The summed E-state index contributed by atoms with van der Waals surface area (Å²) >= 11 is 0. The van der Waals surface area contributed by atoms with Gasteiger partial charge in [-0.05, 0) is 29.7 Å². The van der Waals surface area contributed by atoms with Crippen LogP contribution in [-0.4, -0.2) is 43.0 Å². The van der Waals surface area contributed by atoms with Crippen molar-refractivity contribution in [3.05, 3.63) is 71.4 Å². The average molecular weight is 400 g/mol. The molecule has 3 aromatic rings. The van der Waals surface area contributed by atoms with Gasteiger partial charge >= 0.3 is 0 Å². The number of fused-ring (bicyclic) bond motifs is 1. The molecule has 1 amide bonds. The molecule has 0 spiro atoms. The van der Waals surface area contributed by atoms with Crippen molar-refractivity contribution in [2.45, 2.75) is 19.9 Å². The maximum Gasteiger partial charge on any atom is 0.224 e. The van der Waals surface area contributed by atoms with E-state index in [1.54, 1.807) is 0 Å². The molecule has 0 bridgehead atoms. The van der Waals surface area contributed by atoms with Gasteiger partial charge in [-0.1, -0.05) is 42.5 Å². The lowest BCUT2D eigenvalue weighted by molar-refractivity contribution is -0.120. The van der Waals surface area contributed by atoms with E-state index in [1.807, 2.05) is 61.7 Å². The molecule has 28 heavy (non-hydrogen) atoms. The highest BCUT2D eigenvalue weighted by molar-refractivity contribution is 7.88. The zero-order valence-electron chi connectivity index (χ0n) is 16.1. The monoisotopic (exact) mass is 399 g/mol. The highest BCUT2D eigenvalue weighted by Gasteiger charge is 2.18. The third kappa shape index (κ3) is 4.99. The second-order valence-electron chi connectivity index (χ2n) is 6.91. The number of para-hydroxylation sites is 1. The smallest absolute Gasteiger partial charge is 0.224 e. The molecule has 0 aliphatic rings. The molecule has 0 aliphatic carbocycles. The predicted octanol–water partition coefficient (Wildman–Crippen LogP) is 2.60. The fourth-order valence-corrected chi connectivity index (χ4v) is 3.97. The number of nitrogens with one attached hydrogen (secondary N) is 2. The second-order valence-corrected chi connectivity index (χ2v) is 8.89. The van der Waals surface area contributed by atoms with Crippen LogP contribution in [0.5, 0.6) is 0 Å². The van der Waals surface area contributed by atoms with Crippen LogP contribution in [0.4, 0.5) is 0 Å². The predicted molar refractivity (Wildman–Crippen MR) is 111 cm³/mol. The minimum atomic E-state index is -3.38. The molecule has 148 valence electrons. The van der Waals surface area contributed by atoms with Gasteiger partial charge in [-0.15, -0.1) is 0 Å². The van der Waals surface area contributed by atoms with E-state index >= 15 is 0 Å². The van der Waals surface area contributed by atoms with Gasteiger partial charge < -0.3 is 10.3 Å². The zero-order chi connectivity index (χ0) is 20.1. The summed E-state index contributed by atoms with van der Waals surface area (Å²) < 4.78 is 25.7. The van der Waals surface area contributed by atoms with E-state index in [1.165, 1.54) is 10.6 Å². The highest BCUT2D eigenvalue weighted by Crippen LogP contribution is 2.18. The van der Waals surface area contributed by atoms with Gasteiger partial charge in [-0.25, -0.2) is 8.42 Å². The molecule has 1 aromatic heterocycles. The number of rotatable bonds is 8. The number of hydrogen-bond donors (Lipinski definition) is 2. The van der Waals surface area contributed by atoms with Gasteiger partial charge in [0.2, 0.25) is 15.9 Å². The van der Waals surface area contributed by atoms with Gasteiger partial charge in [0.15, 0.2) is 0 Å². The molecule has 0 saturated heterocycles. The summed E-state index contributed by atoms with van der Waals surface area (Å²) in [6.45, 7) is 2.75. The van der Waals surface area contributed by atoms with E-state index in [9.17, 15) is 13.2 Å². The lowest BCUT2D eigenvalue weighted by Gasteiger charge is -2.21. The average Bonchev–Trinajstić information content (AvgIpc) is 3.04. The summed E-state index contributed by atoms with van der Waals surface area (Å²) in [5, 5.41) is 3.85. The number of sulfonamides is 1. The van der Waals surface area contributed by atoms with Crippen molar-refractivity contribution in [3.8, 4) is 0 Å². The summed E-state index contributed by atoms with van der Waals surface area (Å²) in [4.78, 5) is 15.5. The molecule has 2 aromatic carbocycles. The summed E-state index contributed by atoms with van der Waals surface area (Å²) in [6.07, 6.45) is 3.28. The molecular formula is C21H25N3O3S. The first-order chi connectivity index (χ1) is 13.3. The number of nitrogens with zero attached hydrogens (tertiary/aromatic N) is 1. The standard InChI is InChI=1S/C21H25N3O3S/c1-16-7-3-4-8-17(16)15-24(28(2,26)27)12-11-22-21(25)13-18-14-23-20-10-6-5-9-19(18)20/h3-10,14,23H,11-13,15H2,1-2H3,(H,22,25). The molecule has 3 rings (SSSR count). The van der Waals surface area contributed by atoms with Crippen LogP contribution in [0, 0.1) is 6.92 Å². The van der Waals surface area contributed by atoms with Gasteiger partial charge in [0.25, 0.3) is 0 Å². The fourth-order valence-electron chi connectivity index (χ4n) is 3.17. The van der Waals surface area contributed by atoms with Crippen LogP contribution in [0.25, 0.3) is 10.9 Å². The van der Waals surface area contributed by atoms with Crippen LogP contribution in [-0.2, 0) is 27.8 Å². The molecule has 0 saturated carbocycles. The number of carbonyl (C=O) groups excluding carboxylic acids is 1. The molecule has 6 nitrogen and oxygen atoms in total. The number of amides is 1. The number of hydrogen-bond acceptors (Lipinski definition) is 3. The number of carbonyl (C=O) groups is 1. The van der Waals surface area contributed by atoms with Crippen molar-refractivity contribution in [1.82, 2.24) is 14.6 Å². The number of aryl methyl sites for hydroxylation is 1. The molecule has 0 aliphatic heterocycles. The Hall–Kier alpha value is -2.64. The Balaban J connectivity index is 1.58. The van der Waals surface area contributed by atoms with Crippen molar-refractivity contribution < 1.29 is 13.2 Å². The maximum absolute atomic E-state index is 12.3. The van der Waals surface area contributed by atoms with Crippen LogP contribution in [0.1, 0.15) is 16.7 Å². The maximum atomic E-state index is 12.3. The van der Waals surface area contributed by atoms with Gasteiger partial charge in [-0.2, -0.15) is 4.31 Å². The largest absolute Gasteiger partial charge is 0.361 e. The van der Waals surface area contributed by atoms with Crippen LogP contribution in [0.3, 0.4) is 0 Å². The molecule has 0 radical (unpaired) electrons. The Labute approximate surface area is 165 Å². The first-order valence-electron chi connectivity index (χ1n) is 9.16. The van der Waals surface area contributed by atoms with E-state index in [0.717, 1.165) is 27.6 Å². The SMILES string of the molecule is Cc1ccccc1CN(CCNC(=O)Cc1c[nH]c2ccccc12)S(C)(=O)=O. The summed E-state index contributed by atoms with van der Waals surface area (Å²) in [7, 11) is -3.38. The zero-order valence-corrected chi connectivity index (χ0v) is 16.9. The Kier molecular flexibility index (Phi) is 6.16. The molecule has 2 N–H and O–H groups in total. The van der Waals surface area contributed by atoms with Crippen molar-refractivity contribution in [2.75, 3.05) is 19.3 Å². The molecular weight excluding hydrogens is 374 g/mol. The Morgan fingerprint density at radius 1 is 1.07 bits per heavy atom. The van der Waals surface area contributed by atoms with Gasteiger partial charge in [-0.3, -0.25) is 4.79 Å². The third-order valence-corrected chi connectivity index (χ3v) is 6.04. The number of H-pyrrole nitrogens is 1. The Morgan fingerprint density at radius 2 is 1.79 bits per heavy atom.